The van der Waals surface area contributed by atoms with Crippen molar-refractivity contribution in [2.45, 2.75) is 56.7 Å². The first-order valence-electron chi connectivity index (χ1n) is 9.74. The largest absolute Gasteiger partial charge is 0.370 e. The number of hydrogen-bond acceptors (Lipinski definition) is 7. The van der Waals surface area contributed by atoms with Gasteiger partial charge in [0.15, 0.2) is 11.9 Å². The number of nitrogens with one attached hydrogen (secondary N) is 6. The molecular weight excluding hydrogens is 408 g/mol. The molecule has 0 rings (SSSR count). The summed E-state index contributed by atoms with van der Waals surface area (Å²) >= 11 is 0. The van der Waals surface area contributed by atoms with Gasteiger partial charge in [0.1, 0.15) is 6.04 Å². The summed E-state index contributed by atoms with van der Waals surface area (Å²) in [6.07, 6.45) is 2.92. The zero-order valence-corrected chi connectivity index (χ0v) is 17.3. The van der Waals surface area contributed by atoms with Crippen molar-refractivity contribution in [3.63, 3.8) is 0 Å². The molecule has 0 saturated heterocycles. The number of rotatable bonds is 16. The van der Waals surface area contributed by atoms with Crippen LogP contribution in [0.1, 0.15) is 38.5 Å². The Labute approximate surface area is 180 Å². The van der Waals surface area contributed by atoms with Crippen LogP contribution >= 0.6 is 0 Å². The second kappa shape index (κ2) is 15.4. The fraction of sp³-hybridized carbons (Fsp3) is 0.647. The van der Waals surface area contributed by atoms with Gasteiger partial charge in [-0.3, -0.25) is 30.0 Å². The molecule has 0 bridgehead atoms. The van der Waals surface area contributed by atoms with Gasteiger partial charge < -0.3 is 44.2 Å². The monoisotopic (exact) mass is 441 g/mol. The Kier molecular flexibility index (Phi) is 13.7. The Morgan fingerprint density at radius 3 is 1.87 bits per heavy atom. The van der Waals surface area contributed by atoms with Crippen molar-refractivity contribution >= 4 is 35.9 Å². The van der Waals surface area contributed by atoms with Gasteiger partial charge in [0.25, 0.3) is 0 Å². The fourth-order valence-electron chi connectivity index (χ4n) is 2.47. The fourth-order valence-corrected chi connectivity index (χ4v) is 2.47. The van der Waals surface area contributed by atoms with Crippen LogP contribution < -0.4 is 44.2 Å². The molecule has 1 radical (unpaired) electrons. The third kappa shape index (κ3) is 14.2. The molecule has 14 N–H and O–H groups in total. The van der Waals surface area contributed by atoms with E-state index in [0.29, 0.717) is 25.9 Å². The van der Waals surface area contributed by atoms with E-state index in [2.05, 4.69) is 21.3 Å². The summed E-state index contributed by atoms with van der Waals surface area (Å²) in [5.74, 6) is -2.28. The normalized spacial score (nSPS) is 13.2. The maximum absolute atomic E-state index is 12.6. The third-order valence-electron chi connectivity index (χ3n) is 4.10. The number of hydrogen-bond donors (Lipinski definition) is 10. The predicted octanol–water partition coefficient (Wildman–Crippen LogP) is -3.81. The summed E-state index contributed by atoms with van der Waals surface area (Å²) in [5, 5.41) is 24.4. The number of nitrogens with two attached hydrogens (primary N) is 4. The summed E-state index contributed by atoms with van der Waals surface area (Å²) in [6, 6.07) is -2.96. The molecule has 3 atom stereocenters. The number of amides is 3. The van der Waals surface area contributed by atoms with Crippen LogP contribution in [0.5, 0.6) is 0 Å². The predicted molar refractivity (Wildman–Crippen MR) is 114 cm³/mol. The Balaban J connectivity index is 4.89. The summed E-state index contributed by atoms with van der Waals surface area (Å²) in [7, 11) is 0. The SMILES string of the molecule is N=C(N)NCCC[C@@H]([C]=O)NC(=O)[C@H](CCCNC(=N)N)NC(=O)[C@@H](N)CCC(N)=O. The van der Waals surface area contributed by atoms with Crippen LogP contribution in [0.2, 0.25) is 0 Å². The van der Waals surface area contributed by atoms with E-state index in [9.17, 15) is 19.2 Å². The van der Waals surface area contributed by atoms with Gasteiger partial charge >= 0.3 is 0 Å². The van der Waals surface area contributed by atoms with E-state index < -0.39 is 35.8 Å². The van der Waals surface area contributed by atoms with Crippen molar-refractivity contribution in [1.29, 1.82) is 10.8 Å². The number of carbonyl (C=O) groups is 3. The van der Waals surface area contributed by atoms with E-state index in [0.717, 1.165) is 0 Å². The lowest BCUT2D eigenvalue weighted by Crippen LogP contribution is -2.53. The molecule has 0 fully saturated rings. The van der Waals surface area contributed by atoms with Crippen molar-refractivity contribution in [3.8, 4) is 0 Å². The second-order valence-corrected chi connectivity index (χ2v) is 6.82. The number of carbonyl (C=O) groups excluding carboxylic acids is 4. The maximum Gasteiger partial charge on any atom is 0.243 e. The summed E-state index contributed by atoms with van der Waals surface area (Å²) in [5.41, 5.74) is 21.2. The Morgan fingerprint density at radius 1 is 0.839 bits per heavy atom. The van der Waals surface area contributed by atoms with Crippen LogP contribution in [0.3, 0.4) is 0 Å². The van der Waals surface area contributed by atoms with Crippen LogP contribution in [0.25, 0.3) is 0 Å². The molecule has 0 heterocycles. The first-order valence-corrected chi connectivity index (χ1v) is 9.74. The van der Waals surface area contributed by atoms with E-state index in [1.165, 1.54) is 0 Å². The first-order chi connectivity index (χ1) is 14.6. The zero-order valence-electron chi connectivity index (χ0n) is 17.3. The lowest BCUT2D eigenvalue weighted by molar-refractivity contribution is -0.130. The van der Waals surface area contributed by atoms with E-state index in [1.54, 1.807) is 6.29 Å². The average Bonchev–Trinajstić information content (AvgIpc) is 2.69. The van der Waals surface area contributed by atoms with Crippen molar-refractivity contribution in [2.24, 2.45) is 22.9 Å². The molecule has 31 heavy (non-hydrogen) atoms. The van der Waals surface area contributed by atoms with Crippen LogP contribution in [0.15, 0.2) is 0 Å². The Morgan fingerprint density at radius 2 is 1.39 bits per heavy atom. The molecule has 0 aromatic carbocycles. The zero-order chi connectivity index (χ0) is 23.8. The lowest BCUT2D eigenvalue weighted by atomic mass is 10.1. The summed E-state index contributed by atoms with van der Waals surface area (Å²) in [4.78, 5) is 47.0. The highest BCUT2D eigenvalue weighted by molar-refractivity contribution is 5.91. The van der Waals surface area contributed by atoms with Gasteiger partial charge in [-0.05, 0) is 32.1 Å². The third-order valence-corrected chi connectivity index (χ3v) is 4.10. The quantitative estimate of drug-likeness (QED) is 0.0637. The molecule has 0 aliphatic carbocycles. The summed E-state index contributed by atoms with van der Waals surface area (Å²) < 4.78 is 0. The van der Waals surface area contributed by atoms with Gasteiger partial charge in [0.05, 0.1) is 12.1 Å². The van der Waals surface area contributed by atoms with Crippen LogP contribution in [-0.4, -0.2) is 67.1 Å². The van der Waals surface area contributed by atoms with Crippen molar-refractivity contribution in [3.05, 3.63) is 0 Å². The minimum atomic E-state index is -1.04. The molecule has 3 amide bonds. The molecule has 14 nitrogen and oxygen atoms in total. The van der Waals surface area contributed by atoms with Gasteiger partial charge in [-0.2, -0.15) is 0 Å². The van der Waals surface area contributed by atoms with Crippen molar-refractivity contribution in [1.82, 2.24) is 21.3 Å². The van der Waals surface area contributed by atoms with Gasteiger partial charge in [-0.1, -0.05) is 0 Å². The molecule has 0 spiro atoms. The topological polar surface area (TPSA) is 268 Å². The van der Waals surface area contributed by atoms with Crippen LogP contribution in [0.4, 0.5) is 0 Å². The Bertz CT molecular complexity index is 642. The van der Waals surface area contributed by atoms with Gasteiger partial charge in [0, 0.05) is 19.5 Å². The number of primary amides is 1. The van der Waals surface area contributed by atoms with Gasteiger partial charge in [-0.25, -0.2) is 0 Å². The van der Waals surface area contributed by atoms with E-state index in [1.807, 2.05) is 0 Å². The number of guanidine groups is 2. The molecule has 0 saturated carbocycles. The molecule has 0 aromatic rings. The maximum atomic E-state index is 12.6. The standard InChI is InChI=1S/C17H33N10O4/c18-11(5-6-13(19)29)14(30)27-12(4-2-8-25-17(22)23)15(31)26-10(9-28)3-1-7-24-16(20)21/h10-12H,1-8,18H2,(H2,19,29)(H,26,31)(H,27,30)(H4,20,21,24)(H4,22,23,25)/t10-,11-,12-/m0/s1. The average molecular weight is 442 g/mol. The Hall–Kier alpha value is -3.42. The molecule has 0 unspecified atom stereocenters. The molecule has 0 aliphatic rings. The highest BCUT2D eigenvalue weighted by Crippen LogP contribution is 2.03. The van der Waals surface area contributed by atoms with E-state index >= 15 is 0 Å². The highest BCUT2D eigenvalue weighted by Gasteiger charge is 2.25. The molecule has 0 aliphatic heterocycles. The van der Waals surface area contributed by atoms with Gasteiger partial charge in [0.2, 0.25) is 24.0 Å². The lowest BCUT2D eigenvalue weighted by Gasteiger charge is -2.22. The molecule has 14 heteroatoms. The van der Waals surface area contributed by atoms with Crippen molar-refractivity contribution in [2.75, 3.05) is 13.1 Å². The highest BCUT2D eigenvalue weighted by atomic mass is 16.2. The van der Waals surface area contributed by atoms with Crippen LogP contribution in [-0.2, 0) is 19.2 Å². The second-order valence-electron chi connectivity index (χ2n) is 6.82. The minimum absolute atomic E-state index is 0.0231. The molecule has 175 valence electrons. The minimum Gasteiger partial charge on any atom is -0.370 e. The van der Waals surface area contributed by atoms with Crippen molar-refractivity contribution < 1.29 is 19.2 Å². The van der Waals surface area contributed by atoms with E-state index in [4.69, 9.17) is 33.8 Å². The molecule has 0 aromatic heterocycles. The van der Waals surface area contributed by atoms with E-state index in [-0.39, 0.29) is 37.6 Å². The first kappa shape index (κ1) is 27.6. The smallest absolute Gasteiger partial charge is 0.243 e. The summed E-state index contributed by atoms with van der Waals surface area (Å²) in [6.45, 7) is 0.637. The molecular formula is C17H33N10O4. The van der Waals surface area contributed by atoms with Crippen LogP contribution in [0, 0.1) is 10.8 Å². The van der Waals surface area contributed by atoms with Gasteiger partial charge in [-0.15, -0.1) is 0 Å².